The lowest BCUT2D eigenvalue weighted by atomic mass is 10.2. The molecule has 8 heteroatoms. The molecule has 19 heavy (non-hydrogen) atoms. The Morgan fingerprint density at radius 3 is 2.74 bits per heavy atom. The van der Waals surface area contributed by atoms with Crippen LogP contribution < -0.4 is 5.73 Å². The molecule has 0 atom stereocenters. The number of nitrogens with two attached hydrogens (primary N) is 1. The molecule has 0 radical (unpaired) electrons. The molecule has 0 rings (SSSR count). The Morgan fingerprint density at radius 1 is 1.37 bits per heavy atom. The molecule has 0 aliphatic carbocycles. The first kappa shape index (κ1) is 17.4. The number of ether oxygens (including phenoxy) is 1. The van der Waals surface area contributed by atoms with E-state index in [1.54, 1.807) is 7.05 Å². The highest BCUT2D eigenvalue weighted by Gasteiger charge is 2.11. The van der Waals surface area contributed by atoms with Crippen molar-refractivity contribution in [2.24, 2.45) is 10.8 Å². The fourth-order valence-electron chi connectivity index (χ4n) is 1.37. The van der Waals surface area contributed by atoms with Gasteiger partial charge in [0.1, 0.15) is 0 Å². The Kier molecular flexibility index (Phi) is 10.5. The van der Waals surface area contributed by atoms with E-state index in [4.69, 9.17) is 16.0 Å². The number of carbonyl (C=O) groups excluding carboxylic acids is 2. The van der Waals surface area contributed by atoms with Gasteiger partial charge in [-0.1, -0.05) is 5.11 Å². The molecule has 0 aliphatic heterocycles. The predicted molar refractivity (Wildman–Crippen MR) is 70.4 cm³/mol. The Morgan fingerprint density at radius 2 is 2.11 bits per heavy atom. The van der Waals surface area contributed by atoms with Gasteiger partial charge in [-0.15, -0.1) is 0 Å². The molecule has 0 saturated heterocycles. The second-order valence-corrected chi connectivity index (χ2v) is 4.00. The van der Waals surface area contributed by atoms with Gasteiger partial charge in [0.2, 0.25) is 5.91 Å². The van der Waals surface area contributed by atoms with Crippen LogP contribution in [-0.4, -0.2) is 56.5 Å². The van der Waals surface area contributed by atoms with Crippen LogP contribution in [0.25, 0.3) is 10.4 Å². The number of nitrogens with zero attached hydrogens (tertiary/aromatic N) is 4. The first-order chi connectivity index (χ1) is 9.11. The van der Waals surface area contributed by atoms with Crippen LogP contribution in [0, 0.1) is 0 Å². The average Bonchev–Trinajstić information content (AvgIpc) is 2.38. The maximum atomic E-state index is 11.6. The molecular formula is C11H21N5O3. The Balaban J connectivity index is 3.58. The summed E-state index contributed by atoms with van der Waals surface area (Å²) in [6.45, 7) is 1.48. The molecule has 8 nitrogen and oxygen atoms in total. The maximum absolute atomic E-state index is 11.6. The van der Waals surface area contributed by atoms with Gasteiger partial charge in [-0.3, -0.25) is 9.59 Å². The molecule has 0 unspecified atom stereocenters. The van der Waals surface area contributed by atoms with E-state index in [1.807, 2.05) is 0 Å². The van der Waals surface area contributed by atoms with E-state index in [1.165, 1.54) is 4.90 Å². The van der Waals surface area contributed by atoms with Crippen molar-refractivity contribution < 1.29 is 14.3 Å². The Hall–Kier alpha value is -1.63. The minimum Gasteiger partial charge on any atom is -0.381 e. The zero-order valence-electron chi connectivity index (χ0n) is 11.2. The van der Waals surface area contributed by atoms with Gasteiger partial charge in [-0.2, -0.15) is 0 Å². The van der Waals surface area contributed by atoms with E-state index in [-0.39, 0.29) is 31.2 Å². The molecule has 0 aromatic carbocycles. The molecule has 1 amide bonds. The van der Waals surface area contributed by atoms with Gasteiger partial charge in [-0.05, 0) is 12.0 Å². The molecule has 0 saturated carbocycles. The average molecular weight is 271 g/mol. The number of azide groups is 1. The Labute approximate surface area is 112 Å². The van der Waals surface area contributed by atoms with Crippen LogP contribution in [0.3, 0.4) is 0 Å². The highest BCUT2D eigenvalue weighted by Crippen LogP contribution is 1.96. The van der Waals surface area contributed by atoms with Crippen molar-refractivity contribution in [2.45, 2.75) is 19.3 Å². The van der Waals surface area contributed by atoms with Gasteiger partial charge in [0.05, 0.1) is 13.2 Å². The number of rotatable bonds is 11. The summed E-state index contributed by atoms with van der Waals surface area (Å²) < 4.78 is 5.16. The minimum absolute atomic E-state index is 0.00785. The van der Waals surface area contributed by atoms with E-state index in [0.29, 0.717) is 32.6 Å². The van der Waals surface area contributed by atoms with Crippen molar-refractivity contribution in [2.75, 3.05) is 39.9 Å². The standard InChI is InChI=1S/C11H21N5O3/c1-16(11(18)4-5-12)9-10(17)3-2-7-19-8-6-14-15-13/h2-9,12H2,1H3. The quantitative estimate of drug-likeness (QED) is 0.254. The largest absolute Gasteiger partial charge is 0.381 e. The summed E-state index contributed by atoms with van der Waals surface area (Å²) in [5.74, 6) is -0.131. The zero-order chi connectivity index (χ0) is 14.5. The summed E-state index contributed by atoms with van der Waals surface area (Å²) >= 11 is 0. The predicted octanol–water partition coefficient (Wildman–Crippen LogP) is 0.470. The molecular weight excluding hydrogens is 250 g/mol. The lowest BCUT2D eigenvalue weighted by Crippen LogP contribution is -2.33. The van der Waals surface area contributed by atoms with E-state index in [9.17, 15) is 9.59 Å². The first-order valence-electron chi connectivity index (χ1n) is 6.16. The third-order valence-electron chi connectivity index (χ3n) is 2.34. The number of amides is 1. The van der Waals surface area contributed by atoms with E-state index in [0.717, 1.165) is 0 Å². The van der Waals surface area contributed by atoms with Crippen molar-refractivity contribution in [3.05, 3.63) is 10.4 Å². The van der Waals surface area contributed by atoms with Gasteiger partial charge in [0.15, 0.2) is 5.78 Å². The summed E-state index contributed by atoms with van der Waals surface area (Å²) in [7, 11) is 1.59. The van der Waals surface area contributed by atoms with Gasteiger partial charge in [-0.25, -0.2) is 0 Å². The summed E-state index contributed by atoms with van der Waals surface area (Å²) in [5, 5.41) is 3.32. The van der Waals surface area contributed by atoms with Gasteiger partial charge in [0.25, 0.3) is 0 Å². The van der Waals surface area contributed by atoms with Gasteiger partial charge >= 0.3 is 0 Å². The highest BCUT2D eigenvalue weighted by molar-refractivity contribution is 5.85. The van der Waals surface area contributed by atoms with Crippen molar-refractivity contribution in [3.8, 4) is 0 Å². The van der Waals surface area contributed by atoms with Crippen molar-refractivity contribution >= 4 is 11.7 Å². The molecule has 0 fully saturated rings. The summed E-state index contributed by atoms with van der Waals surface area (Å²) in [4.78, 5) is 26.9. The SMILES string of the molecule is CN(CC(=O)CCCOCCN=[N+]=[N-])C(=O)CCN. The smallest absolute Gasteiger partial charge is 0.223 e. The molecule has 0 aliphatic rings. The normalized spacial score (nSPS) is 9.79. The highest BCUT2D eigenvalue weighted by atomic mass is 16.5. The van der Waals surface area contributed by atoms with E-state index >= 15 is 0 Å². The lowest BCUT2D eigenvalue weighted by Gasteiger charge is -2.15. The fourth-order valence-corrected chi connectivity index (χ4v) is 1.37. The molecule has 0 aromatic heterocycles. The third-order valence-corrected chi connectivity index (χ3v) is 2.34. The number of Topliss-reactive ketones (excluding diaryl/α,β-unsaturated/α-hetero) is 1. The van der Waals surface area contributed by atoms with Crippen LogP contribution in [0.1, 0.15) is 19.3 Å². The Bertz CT molecular complexity index is 328. The fraction of sp³-hybridized carbons (Fsp3) is 0.818. The number of likely N-dealkylation sites (N-methyl/N-ethyl adjacent to an activating group) is 1. The van der Waals surface area contributed by atoms with Crippen LogP contribution in [0.4, 0.5) is 0 Å². The summed E-state index contributed by atoms with van der Waals surface area (Å²) in [6.07, 6.45) is 1.21. The maximum Gasteiger partial charge on any atom is 0.223 e. The molecule has 0 bridgehead atoms. The molecule has 2 N–H and O–H groups in total. The van der Waals surface area contributed by atoms with Gasteiger partial charge in [0, 0.05) is 44.5 Å². The monoisotopic (exact) mass is 271 g/mol. The zero-order valence-corrected chi connectivity index (χ0v) is 11.2. The van der Waals surface area contributed by atoms with Crippen molar-refractivity contribution in [1.29, 1.82) is 0 Å². The van der Waals surface area contributed by atoms with Crippen molar-refractivity contribution in [1.82, 2.24) is 4.90 Å². The van der Waals surface area contributed by atoms with E-state index < -0.39 is 0 Å². The van der Waals surface area contributed by atoms with E-state index in [2.05, 4.69) is 10.0 Å². The lowest BCUT2D eigenvalue weighted by molar-refractivity contribution is -0.134. The topological polar surface area (TPSA) is 121 Å². The third kappa shape index (κ3) is 10.0. The first-order valence-corrected chi connectivity index (χ1v) is 6.16. The number of hydrogen-bond donors (Lipinski definition) is 1. The van der Waals surface area contributed by atoms with Crippen LogP contribution in [-0.2, 0) is 14.3 Å². The molecule has 0 aromatic rings. The molecule has 0 spiro atoms. The van der Waals surface area contributed by atoms with Crippen LogP contribution in [0.5, 0.6) is 0 Å². The van der Waals surface area contributed by atoms with Crippen LogP contribution >= 0.6 is 0 Å². The van der Waals surface area contributed by atoms with Crippen molar-refractivity contribution in [3.63, 3.8) is 0 Å². The van der Waals surface area contributed by atoms with Gasteiger partial charge < -0.3 is 15.4 Å². The van der Waals surface area contributed by atoms with Crippen LogP contribution in [0.2, 0.25) is 0 Å². The summed E-state index contributed by atoms with van der Waals surface area (Å²) in [6, 6.07) is 0. The number of hydrogen-bond acceptors (Lipinski definition) is 5. The second kappa shape index (κ2) is 11.5. The second-order valence-electron chi connectivity index (χ2n) is 4.00. The summed E-state index contributed by atoms with van der Waals surface area (Å²) in [5.41, 5.74) is 13.3. The molecule has 0 heterocycles. The minimum atomic E-state index is -0.124. The number of ketones is 1. The molecule has 108 valence electrons. The van der Waals surface area contributed by atoms with Crippen LogP contribution in [0.15, 0.2) is 5.11 Å². The number of carbonyl (C=O) groups is 2.